The maximum Gasteiger partial charge on any atom is 0.103 e. The molecule has 0 amide bonds. The first-order valence-electron chi connectivity index (χ1n) is 4.27. The van der Waals surface area contributed by atoms with Gasteiger partial charge < -0.3 is 4.98 Å². The minimum absolute atomic E-state index is 0.984. The van der Waals surface area contributed by atoms with Gasteiger partial charge in [0.15, 0.2) is 0 Å². The summed E-state index contributed by atoms with van der Waals surface area (Å²) < 4.78 is 0. The Balaban J connectivity index is 0. The van der Waals surface area contributed by atoms with Crippen LogP contribution in [0.2, 0.25) is 0 Å². The van der Waals surface area contributed by atoms with Crippen LogP contribution in [0.3, 0.4) is 0 Å². The van der Waals surface area contributed by atoms with E-state index in [9.17, 15) is 0 Å². The lowest BCUT2D eigenvalue weighted by molar-refractivity contribution is 1.13. The van der Waals surface area contributed by atoms with Crippen LogP contribution in [0, 0.1) is 13.8 Å². The summed E-state index contributed by atoms with van der Waals surface area (Å²) in [5.74, 6) is 0.984. The number of aromatic nitrogens is 2. The van der Waals surface area contributed by atoms with Gasteiger partial charge in [0.1, 0.15) is 5.82 Å². The van der Waals surface area contributed by atoms with Gasteiger partial charge in [-0.15, -0.1) is 0 Å². The monoisotopic (exact) mass is 156 g/mol. The maximum atomic E-state index is 3.96. The summed E-state index contributed by atoms with van der Waals surface area (Å²) in [6.45, 7) is 11.9. The highest BCUT2D eigenvalue weighted by Crippen LogP contribution is 1.89. The Labute approximate surface area is 70.1 Å². The summed E-state index contributed by atoms with van der Waals surface area (Å²) in [6, 6.07) is 0. The van der Waals surface area contributed by atoms with Crippen molar-refractivity contribution in [2.24, 2.45) is 0 Å². The molecule has 1 aromatic heterocycles. The molecule has 11 heavy (non-hydrogen) atoms. The molecule has 0 aliphatic rings. The summed E-state index contributed by atoms with van der Waals surface area (Å²) in [6.07, 6.45) is 1.81. The number of hydrogen-bond acceptors (Lipinski definition) is 1. The van der Waals surface area contributed by atoms with Gasteiger partial charge in [-0.1, -0.05) is 27.7 Å². The van der Waals surface area contributed by atoms with Crippen LogP contribution in [0.4, 0.5) is 0 Å². The van der Waals surface area contributed by atoms with Gasteiger partial charge in [0.2, 0.25) is 0 Å². The average molecular weight is 156 g/mol. The van der Waals surface area contributed by atoms with Crippen LogP contribution in [0.15, 0.2) is 6.20 Å². The van der Waals surface area contributed by atoms with Gasteiger partial charge in [-0.05, 0) is 13.8 Å². The fourth-order valence-corrected chi connectivity index (χ4v) is 0.544. The normalized spacial score (nSPS) is 7.09. The van der Waals surface area contributed by atoms with Gasteiger partial charge in [-0.25, -0.2) is 4.98 Å². The molecule has 66 valence electrons. The molecule has 1 heterocycles. The summed E-state index contributed by atoms with van der Waals surface area (Å²) in [7, 11) is 0. The molecule has 1 aromatic rings. The maximum absolute atomic E-state index is 3.96. The fourth-order valence-electron chi connectivity index (χ4n) is 0.544. The Hall–Kier alpha value is -0.790. The Morgan fingerprint density at radius 2 is 1.55 bits per heavy atom. The third kappa shape index (κ3) is 7.10. The molecule has 0 unspecified atom stereocenters. The van der Waals surface area contributed by atoms with E-state index in [0.29, 0.717) is 0 Å². The summed E-state index contributed by atoms with van der Waals surface area (Å²) in [4.78, 5) is 6.99. The van der Waals surface area contributed by atoms with Crippen LogP contribution in [0.5, 0.6) is 0 Å². The van der Waals surface area contributed by atoms with Gasteiger partial charge in [0.25, 0.3) is 0 Å². The van der Waals surface area contributed by atoms with E-state index in [1.807, 2.05) is 47.7 Å². The molecule has 0 saturated heterocycles. The largest absolute Gasteiger partial charge is 0.346 e. The molecule has 0 aliphatic heterocycles. The highest BCUT2D eigenvalue weighted by atomic mass is 14.9. The smallest absolute Gasteiger partial charge is 0.103 e. The second-order valence-electron chi connectivity index (χ2n) is 1.65. The number of nitrogens with zero attached hydrogens (tertiary/aromatic N) is 1. The SMILES string of the molecule is CC.CC.Cc1cnc(C)[nH]1. The van der Waals surface area contributed by atoms with Gasteiger partial charge >= 0.3 is 0 Å². The predicted octanol–water partition coefficient (Wildman–Crippen LogP) is 3.08. The van der Waals surface area contributed by atoms with Crippen molar-refractivity contribution in [1.29, 1.82) is 0 Å². The third-order valence-electron chi connectivity index (χ3n) is 0.830. The van der Waals surface area contributed by atoms with Crippen molar-refractivity contribution in [3.8, 4) is 0 Å². The molecule has 1 rings (SSSR count). The Morgan fingerprint density at radius 3 is 1.64 bits per heavy atom. The molecule has 0 saturated carbocycles. The number of imidazole rings is 1. The zero-order chi connectivity index (χ0) is 9.28. The first-order chi connectivity index (χ1) is 5.29. The predicted molar refractivity (Wildman–Crippen MR) is 50.8 cm³/mol. The van der Waals surface area contributed by atoms with Crippen LogP contribution in [-0.2, 0) is 0 Å². The first kappa shape index (κ1) is 12.8. The van der Waals surface area contributed by atoms with Gasteiger partial charge in [0, 0.05) is 11.9 Å². The summed E-state index contributed by atoms with van der Waals surface area (Å²) in [5.41, 5.74) is 1.12. The summed E-state index contributed by atoms with van der Waals surface area (Å²) in [5, 5.41) is 0. The fraction of sp³-hybridized carbons (Fsp3) is 0.667. The zero-order valence-electron chi connectivity index (χ0n) is 8.52. The molecule has 2 nitrogen and oxygen atoms in total. The topological polar surface area (TPSA) is 28.7 Å². The van der Waals surface area contributed by atoms with E-state index in [2.05, 4.69) is 9.97 Å². The van der Waals surface area contributed by atoms with E-state index in [-0.39, 0.29) is 0 Å². The quantitative estimate of drug-likeness (QED) is 0.614. The Kier molecular flexibility index (Phi) is 10.8. The molecule has 0 radical (unpaired) electrons. The standard InChI is InChI=1S/C5H8N2.2C2H6/c1-4-3-6-5(2)7-4;2*1-2/h3H,1-2H3,(H,6,7);2*1-2H3. The number of aromatic amines is 1. The first-order valence-corrected chi connectivity index (χ1v) is 4.27. The lowest BCUT2D eigenvalue weighted by Gasteiger charge is -1.74. The molecule has 0 aromatic carbocycles. The number of aryl methyl sites for hydroxylation is 2. The average Bonchev–Trinajstić information content (AvgIpc) is 2.43. The van der Waals surface area contributed by atoms with Crippen LogP contribution in [-0.4, -0.2) is 9.97 Å². The van der Waals surface area contributed by atoms with Gasteiger partial charge in [-0.2, -0.15) is 0 Å². The Bertz CT molecular complexity index is 140. The lowest BCUT2D eigenvalue weighted by atomic mass is 10.6. The lowest BCUT2D eigenvalue weighted by Crippen LogP contribution is -1.70. The van der Waals surface area contributed by atoms with Crippen molar-refractivity contribution in [2.75, 3.05) is 0 Å². The van der Waals surface area contributed by atoms with Crippen molar-refractivity contribution in [3.05, 3.63) is 17.7 Å². The second-order valence-corrected chi connectivity index (χ2v) is 1.65. The van der Waals surface area contributed by atoms with Gasteiger partial charge in [-0.3, -0.25) is 0 Å². The van der Waals surface area contributed by atoms with Crippen LogP contribution in [0.1, 0.15) is 39.2 Å². The highest BCUT2D eigenvalue weighted by molar-refractivity contribution is 4.95. The summed E-state index contributed by atoms with van der Waals surface area (Å²) >= 11 is 0. The van der Waals surface area contributed by atoms with Crippen LogP contribution < -0.4 is 0 Å². The minimum Gasteiger partial charge on any atom is -0.346 e. The van der Waals surface area contributed by atoms with Crippen molar-refractivity contribution >= 4 is 0 Å². The molecule has 2 heteroatoms. The number of H-pyrrole nitrogens is 1. The molecule has 0 spiro atoms. The van der Waals surface area contributed by atoms with E-state index in [0.717, 1.165) is 11.5 Å². The minimum atomic E-state index is 0.984. The Morgan fingerprint density at radius 1 is 1.09 bits per heavy atom. The molecule has 0 atom stereocenters. The van der Waals surface area contributed by atoms with Crippen molar-refractivity contribution in [1.82, 2.24) is 9.97 Å². The van der Waals surface area contributed by atoms with E-state index in [1.54, 1.807) is 0 Å². The highest BCUT2D eigenvalue weighted by Gasteiger charge is 1.83. The van der Waals surface area contributed by atoms with Crippen molar-refractivity contribution in [3.63, 3.8) is 0 Å². The molecule has 0 aliphatic carbocycles. The van der Waals surface area contributed by atoms with Crippen LogP contribution >= 0.6 is 0 Å². The number of rotatable bonds is 0. The molecule has 0 bridgehead atoms. The molecular formula is C9H20N2. The van der Waals surface area contributed by atoms with Gasteiger partial charge in [0.05, 0.1) is 0 Å². The molecular weight excluding hydrogens is 136 g/mol. The van der Waals surface area contributed by atoms with Crippen LogP contribution in [0.25, 0.3) is 0 Å². The zero-order valence-corrected chi connectivity index (χ0v) is 8.52. The second kappa shape index (κ2) is 9.21. The van der Waals surface area contributed by atoms with E-state index in [4.69, 9.17) is 0 Å². The van der Waals surface area contributed by atoms with E-state index in [1.165, 1.54) is 0 Å². The van der Waals surface area contributed by atoms with Crippen molar-refractivity contribution in [2.45, 2.75) is 41.5 Å². The van der Waals surface area contributed by atoms with E-state index < -0.39 is 0 Å². The third-order valence-corrected chi connectivity index (χ3v) is 0.830. The number of nitrogens with one attached hydrogen (secondary N) is 1. The molecule has 0 fully saturated rings. The number of hydrogen-bond donors (Lipinski definition) is 1. The van der Waals surface area contributed by atoms with Crippen molar-refractivity contribution < 1.29 is 0 Å². The molecule has 1 N–H and O–H groups in total. The van der Waals surface area contributed by atoms with E-state index >= 15 is 0 Å².